The minimum absolute atomic E-state index is 0.0544. The van der Waals surface area contributed by atoms with E-state index >= 15 is 0 Å². The molecule has 0 saturated heterocycles. The van der Waals surface area contributed by atoms with Gasteiger partial charge in [-0.25, -0.2) is 9.97 Å². The minimum atomic E-state index is -4.64. The second kappa shape index (κ2) is 7.43. The number of anilines is 1. The van der Waals surface area contributed by atoms with Gasteiger partial charge >= 0.3 is 6.18 Å². The number of halogens is 3. The largest absolute Gasteiger partial charge is 0.454 e. The molecule has 1 amide bonds. The number of rotatable bonds is 3. The van der Waals surface area contributed by atoms with Gasteiger partial charge in [-0.3, -0.25) is 9.59 Å². The maximum Gasteiger partial charge on any atom is 0.417 e. The molecule has 0 atom stereocenters. The predicted molar refractivity (Wildman–Crippen MR) is 103 cm³/mol. The van der Waals surface area contributed by atoms with E-state index in [0.29, 0.717) is 0 Å². The third-order valence-corrected chi connectivity index (χ3v) is 4.27. The van der Waals surface area contributed by atoms with Crippen LogP contribution in [0.3, 0.4) is 0 Å². The topological polar surface area (TPSA) is 85.1 Å². The molecule has 6 nitrogen and oxygen atoms in total. The molecule has 0 aliphatic carbocycles. The number of fused-ring (bicyclic) bond motifs is 1. The Morgan fingerprint density at radius 3 is 2.43 bits per heavy atom. The van der Waals surface area contributed by atoms with Crippen molar-refractivity contribution in [3.63, 3.8) is 0 Å². The Bertz CT molecular complexity index is 1300. The fourth-order valence-electron chi connectivity index (χ4n) is 2.95. The van der Waals surface area contributed by atoms with Crippen molar-refractivity contribution in [3.8, 4) is 11.3 Å². The summed E-state index contributed by atoms with van der Waals surface area (Å²) in [6.45, 7) is 0. The first-order valence-electron chi connectivity index (χ1n) is 8.66. The van der Waals surface area contributed by atoms with Crippen LogP contribution in [-0.4, -0.2) is 15.9 Å². The lowest BCUT2D eigenvalue weighted by Crippen LogP contribution is -2.16. The predicted octanol–water partition coefficient (Wildman–Crippen LogP) is 4.52. The molecule has 0 saturated carbocycles. The average molecular weight is 411 g/mol. The fourth-order valence-corrected chi connectivity index (χ4v) is 2.95. The molecule has 2 aromatic carbocycles. The van der Waals surface area contributed by atoms with E-state index in [0.717, 1.165) is 12.1 Å². The van der Waals surface area contributed by atoms with E-state index in [9.17, 15) is 22.8 Å². The van der Waals surface area contributed by atoms with Crippen LogP contribution in [0.25, 0.3) is 22.3 Å². The van der Waals surface area contributed by atoms with Crippen LogP contribution in [0.5, 0.6) is 0 Å². The smallest absolute Gasteiger partial charge is 0.417 e. The standard InChI is InChI=1S/C21H12F3N3O3/c22-21(23,24)14-7-2-1-5-12(14)17-11-16(28)13-6-3-8-15(18(13)30-17)27-20(29)19-25-9-4-10-26-19/h1-11H,(H,27,29). The molecule has 0 fully saturated rings. The molecule has 0 spiro atoms. The van der Waals surface area contributed by atoms with Crippen LogP contribution in [-0.2, 0) is 6.18 Å². The molecular formula is C21H12F3N3O3. The van der Waals surface area contributed by atoms with E-state index in [1.165, 1.54) is 54.9 Å². The summed E-state index contributed by atoms with van der Waals surface area (Å²) in [4.78, 5) is 32.6. The highest BCUT2D eigenvalue weighted by Gasteiger charge is 2.34. The van der Waals surface area contributed by atoms with E-state index in [4.69, 9.17) is 4.42 Å². The molecule has 2 heterocycles. The maximum absolute atomic E-state index is 13.4. The second-order valence-corrected chi connectivity index (χ2v) is 6.23. The molecule has 0 aliphatic heterocycles. The quantitative estimate of drug-likeness (QED) is 0.536. The first kappa shape index (κ1) is 19.3. The Morgan fingerprint density at radius 1 is 0.967 bits per heavy atom. The number of nitrogens with one attached hydrogen (secondary N) is 1. The van der Waals surface area contributed by atoms with E-state index in [-0.39, 0.29) is 33.8 Å². The molecule has 4 aromatic rings. The third-order valence-electron chi connectivity index (χ3n) is 4.27. The monoisotopic (exact) mass is 411 g/mol. The number of aromatic nitrogens is 2. The summed E-state index contributed by atoms with van der Waals surface area (Å²) >= 11 is 0. The lowest BCUT2D eigenvalue weighted by atomic mass is 10.0. The van der Waals surface area contributed by atoms with Gasteiger partial charge in [0.25, 0.3) is 5.91 Å². The van der Waals surface area contributed by atoms with Gasteiger partial charge in [-0.2, -0.15) is 13.2 Å². The molecular weight excluding hydrogens is 399 g/mol. The van der Waals surface area contributed by atoms with Gasteiger partial charge in [0.05, 0.1) is 16.6 Å². The van der Waals surface area contributed by atoms with Crippen molar-refractivity contribution in [1.82, 2.24) is 9.97 Å². The Labute approximate surface area is 167 Å². The number of nitrogens with zero attached hydrogens (tertiary/aromatic N) is 2. The van der Waals surface area contributed by atoms with Crippen LogP contribution >= 0.6 is 0 Å². The second-order valence-electron chi connectivity index (χ2n) is 6.23. The molecule has 0 bridgehead atoms. The number of benzene rings is 2. The third kappa shape index (κ3) is 3.64. The van der Waals surface area contributed by atoms with Gasteiger partial charge in [0, 0.05) is 24.0 Å². The number of hydrogen-bond donors (Lipinski definition) is 1. The van der Waals surface area contributed by atoms with Crippen LogP contribution in [0, 0.1) is 0 Å². The zero-order valence-electron chi connectivity index (χ0n) is 15.1. The Kier molecular flexibility index (Phi) is 4.78. The summed E-state index contributed by atoms with van der Waals surface area (Å²) in [6.07, 6.45) is -1.86. The summed E-state index contributed by atoms with van der Waals surface area (Å²) in [5.41, 5.74) is -1.71. The number of carbonyl (C=O) groups is 1. The van der Waals surface area contributed by atoms with Crippen molar-refractivity contribution >= 4 is 22.6 Å². The summed E-state index contributed by atoms with van der Waals surface area (Å²) in [7, 11) is 0. The molecule has 9 heteroatoms. The number of hydrogen-bond acceptors (Lipinski definition) is 5. The molecule has 150 valence electrons. The highest BCUT2D eigenvalue weighted by atomic mass is 19.4. The van der Waals surface area contributed by atoms with E-state index in [1.807, 2.05) is 0 Å². The van der Waals surface area contributed by atoms with Gasteiger partial charge < -0.3 is 9.73 Å². The van der Waals surface area contributed by atoms with Crippen LogP contribution in [0.2, 0.25) is 0 Å². The minimum Gasteiger partial charge on any atom is -0.454 e. The van der Waals surface area contributed by atoms with Crippen molar-refractivity contribution in [1.29, 1.82) is 0 Å². The Hall–Kier alpha value is -4.01. The van der Waals surface area contributed by atoms with Crippen molar-refractivity contribution in [2.24, 2.45) is 0 Å². The van der Waals surface area contributed by atoms with Gasteiger partial charge in [0.2, 0.25) is 5.82 Å². The highest BCUT2D eigenvalue weighted by molar-refractivity contribution is 6.06. The van der Waals surface area contributed by atoms with Gasteiger partial charge in [0.1, 0.15) is 5.76 Å². The zero-order valence-corrected chi connectivity index (χ0v) is 15.1. The van der Waals surface area contributed by atoms with Crippen molar-refractivity contribution in [2.75, 3.05) is 5.32 Å². The van der Waals surface area contributed by atoms with Crippen LogP contribution in [0.4, 0.5) is 18.9 Å². The lowest BCUT2D eigenvalue weighted by molar-refractivity contribution is -0.137. The summed E-state index contributed by atoms with van der Waals surface area (Å²) < 4.78 is 45.9. The van der Waals surface area contributed by atoms with E-state index in [2.05, 4.69) is 15.3 Å². The molecule has 0 unspecified atom stereocenters. The number of carbonyl (C=O) groups excluding carboxylic acids is 1. The maximum atomic E-state index is 13.4. The lowest BCUT2D eigenvalue weighted by Gasteiger charge is -2.13. The van der Waals surface area contributed by atoms with Crippen LogP contribution in [0.15, 0.2) is 76.2 Å². The molecule has 30 heavy (non-hydrogen) atoms. The van der Waals surface area contributed by atoms with Gasteiger partial charge in [-0.05, 0) is 24.3 Å². The van der Waals surface area contributed by atoms with E-state index < -0.39 is 23.1 Å². The fraction of sp³-hybridized carbons (Fsp3) is 0.0476. The molecule has 4 rings (SSSR count). The number of para-hydroxylation sites is 1. The first-order chi connectivity index (χ1) is 14.3. The molecule has 0 aliphatic rings. The van der Waals surface area contributed by atoms with Crippen LogP contribution in [0.1, 0.15) is 16.2 Å². The highest BCUT2D eigenvalue weighted by Crippen LogP contribution is 2.37. The number of amides is 1. The SMILES string of the molecule is O=C(Nc1cccc2c(=O)cc(-c3ccccc3C(F)(F)F)oc12)c1ncccn1. The van der Waals surface area contributed by atoms with Gasteiger partial charge in [0.15, 0.2) is 11.0 Å². The zero-order chi connectivity index (χ0) is 21.3. The van der Waals surface area contributed by atoms with Gasteiger partial charge in [-0.1, -0.05) is 24.3 Å². The van der Waals surface area contributed by atoms with Crippen molar-refractivity contribution in [2.45, 2.75) is 6.18 Å². The van der Waals surface area contributed by atoms with Crippen LogP contribution < -0.4 is 10.7 Å². The van der Waals surface area contributed by atoms with Crippen molar-refractivity contribution in [3.05, 3.63) is 88.6 Å². The summed E-state index contributed by atoms with van der Waals surface area (Å²) in [6, 6.07) is 11.7. The van der Waals surface area contributed by atoms with Crippen molar-refractivity contribution < 1.29 is 22.4 Å². The van der Waals surface area contributed by atoms with Gasteiger partial charge in [-0.15, -0.1) is 0 Å². The summed E-state index contributed by atoms with van der Waals surface area (Å²) in [5.74, 6) is -1.04. The Morgan fingerprint density at radius 2 is 1.70 bits per heavy atom. The first-order valence-corrected chi connectivity index (χ1v) is 8.66. The van der Waals surface area contributed by atoms with E-state index in [1.54, 1.807) is 0 Å². The Balaban J connectivity index is 1.86. The average Bonchev–Trinajstić information content (AvgIpc) is 2.74. The molecule has 1 N–H and O–H groups in total. The normalized spacial score (nSPS) is 11.4. The summed E-state index contributed by atoms with van der Waals surface area (Å²) in [5, 5.41) is 2.64. The molecule has 0 radical (unpaired) electrons. The number of alkyl halides is 3. The molecule has 2 aromatic heterocycles.